The summed E-state index contributed by atoms with van der Waals surface area (Å²) in [5.41, 5.74) is 1.01. The molecule has 4 nitrogen and oxygen atoms in total. The van der Waals surface area contributed by atoms with Gasteiger partial charge in [0.25, 0.3) is 0 Å². The van der Waals surface area contributed by atoms with Gasteiger partial charge in [0.2, 0.25) is 0 Å². The molecule has 21 heavy (non-hydrogen) atoms. The second-order valence-electron chi connectivity index (χ2n) is 6.21. The standard InChI is InChI=1S/C17H24O4/c1-19-15-4-2-13(3-5-15)10-16(18)14-6-8-21-17(11-14)7-9-20-12-17/h2-5,14,16,18H,6-12H2,1H3. The maximum atomic E-state index is 10.6. The number of ether oxygens (including phenoxy) is 3. The van der Waals surface area contributed by atoms with Gasteiger partial charge in [-0.25, -0.2) is 0 Å². The lowest BCUT2D eigenvalue weighted by atomic mass is 9.80. The Morgan fingerprint density at radius 1 is 1.33 bits per heavy atom. The van der Waals surface area contributed by atoms with Crippen LogP contribution in [0.3, 0.4) is 0 Å². The van der Waals surface area contributed by atoms with Crippen molar-refractivity contribution in [2.45, 2.75) is 37.4 Å². The van der Waals surface area contributed by atoms with Crippen molar-refractivity contribution in [3.63, 3.8) is 0 Å². The summed E-state index contributed by atoms with van der Waals surface area (Å²) in [6.45, 7) is 2.19. The van der Waals surface area contributed by atoms with Crippen LogP contribution in [0.25, 0.3) is 0 Å². The molecule has 2 aliphatic rings. The molecule has 3 unspecified atom stereocenters. The number of methoxy groups -OCH3 is 1. The summed E-state index contributed by atoms with van der Waals surface area (Å²) in [6, 6.07) is 7.93. The minimum Gasteiger partial charge on any atom is -0.497 e. The van der Waals surface area contributed by atoms with Crippen molar-refractivity contribution in [2.24, 2.45) is 5.92 Å². The Kier molecular flexibility index (Phi) is 4.48. The van der Waals surface area contributed by atoms with Gasteiger partial charge in [-0.3, -0.25) is 0 Å². The molecule has 0 radical (unpaired) electrons. The van der Waals surface area contributed by atoms with Gasteiger partial charge in [-0.1, -0.05) is 12.1 Å². The van der Waals surface area contributed by atoms with Crippen LogP contribution >= 0.6 is 0 Å². The first-order valence-corrected chi connectivity index (χ1v) is 7.73. The third kappa shape index (κ3) is 3.39. The van der Waals surface area contributed by atoms with Crippen LogP contribution in [-0.2, 0) is 15.9 Å². The molecular formula is C17H24O4. The molecule has 2 saturated heterocycles. The second kappa shape index (κ2) is 6.34. The number of aliphatic hydroxyl groups is 1. The first-order chi connectivity index (χ1) is 10.2. The van der Waals surface area contributed by atoms with Crippen molar-refractivity contribution in [1.29, 1.82) is 0 Å². The van der Waals surface area contributed by atoms with Crippen LogP contribution in [0.2, 0.25) is 0 Å². The fourth-order valence-corrected chi connectivity index (χ4v) is 3.43. The molecule has 0 aromatic heterocycles. The maximum absolute atomic E-state index is 10.6. The lowest BCUT2D eigenvalue weighted by Crippen LogP contribution is -2.44. The summed E-state index contributed by atoms with van der Waals surface area (Å²) in [5.74, 6) is 1.14. The molecule has 0 saturated carbocycles. The lowest BCUT2D eigenvalue weighted by Gasteiger charge is -2.39. The first-order valence-electron chi connectivity index (χ1n) is 7.73. The molecule has 4 heteroatoms. The van der Waals surface area contributed by atoms with Gasteiger partial charge in [0.1, 0.15) is 5.75 Å². The van der Waals surface area contributed by atoms with Crippen molar-refractivity contribution in [3.8, 4) is 5.75 Å². The van der Waals surface area contributed by atoms with E-state index in [2.05, 4.69) is 0 Å². The Labute approximate surface area is 126 Å². The highest BCUT2D eigenvalue weighted by Crippen LogP contribution is 2.37. The molecule has 1 aromatic carbocycles. The first kappa shape index (κ1) is 14.8. The lowest BCUT2D eigenvalue weighted by molar-refractivity contribution is -0.116. The van der Waals surface area contributed by atoms with E-state index in [1.54, 1.807) is 7.11 Å². The molecular weight excluding hydrogens is 268 g/mol. The molecule has 1 aromatic rings. The Morgan fingerprint density at radius 3 is 2.81 bits per heavy atom. The second-order valence-corrected chi connectivity index (χ2v) is 6.21. The van der Waals surface area contributed by atoms with Crippen molar-refractivity contribution in [1.82, 2.24) is 0 Å². The highest BCUT2D eigenvalue weighted by molar-refractivity contribution is 5.27. The summed E-state index contributed by atoms with van der Waals surface area (Å²) in [7, 11) is 1.66. The van der Waals surface area contributed by atoms with E-state index in [4.69, 9.17) is 14.2 Å². The normalized spacial score (nSPS) is 30.5. The number of aliphatic hydroxyl groups excluding tert-OH is 1. The van der Waals surface area contributed by atoms with Crippen LogP contribution in [-0.4, -0.2) is 43.7 Å². The summed E-state index contributed by atoms with van der Waals surface area (Å²) in [4.78, 5) is 0. The zero-order valence-electron chi connectivity index (χ0n) is 12.6. The molecule has 116 valence electrons. The van der Waals surface area contributed by atoms with E-state index in [0.717, 1.165) is 43.8 Å². The third-order valence-electron chi connectivity index (χ3n) is 4.75. The summed E-state index contributed by atoms with van der Waals surface area (Å²) >= 11 is 0. The number of benzene rings is 1. The Morgan fingerprint density at radius 2 is 2.14 bits per heavy atom. The summed E-state index contributed by atoms with van der Waals surface area (Å²) < 4.78 is 16.6. The van der Waals surface area contributed by atoms with Crippen LogP contribution < -0.4 is 4.74 Å². The fraction of sp³-hybridized carbons (Fsp3) is 0.647. The molecule has 2 aliphatic heterocycles. The van der Waals surface area contributed by atoms with E-state index in [9.17, 15) is 5.11 Å². The van der Waals surface area contributed by atoms with Crippen LogP contribution in [0, 0.1) is 5.92 Å². The molecule has 0 aliphatic carbocycles. The highest BCUT2D eigenvalue weighted by atomic mass is 16.6. The van der Waals surface area contributed by atoms with Crippen molar-refractivity contribution < 1.29 is 19.3 Å². The summed E-state index contributed by atoms with van der Waals surface area (Å²) in [6.07, 6.45) is 3.16. The van der Waals surface area contributed by atoms with Gasteiger partial charge in [-0.15, -0.1) is 0 Å². The predicted molar refractivity (Wildman–Crippen MR) is 79.5 cm³/mol. The highest BCUT2D eigenvalue weighted by Gasteiger charge is 2.42. The average molecular weight is 292 g/mol. The maximum Gasteiger partial charge on any atom is 0.118 e. The van der Waals surface area contributed by atoms with E-state index in [0.29, 0.717) is 18.9 Å². The molecule has 0 amide bonds. The monoisotopic (exact) mass is 292 g/mol. The molecule has 3 atom stereocenters. The smallest absolute Gasteiger partial charge is 0.118 e. The SMILES string of the molecule is COc1ccc(CC(O)C2CCOC3(CCOC3)C2)cc1. The van der Waals surface area contributed by atoms with Crippen molar-refractivity contribution in [2.75, 3.05) is 26.9 Å². The molecule has 1 N–H and O–H groups in total. The average Bonchev–Trinajstić information content (AvgIpc) is 2.96. The van der Waals surface area contributed by atoms with Gasteiger partial charge in [0, 0.05) is 19.6 Å². The van der Waals surface area contributed by atoms with Gasteiger partial charge >= 0.3 is 0 Å². The third-order valence-corrected chi connectivity index (χ3v) is 4.75. The molecule has 1 spiro atoms. The molecule has 2 fully saturated rings. The Balaban J connectivity index is 1.60. The van der Waals surface area contributed by atoms with E-state index >= 15 is 0 Å². The minimum atomic E-state index is -0.320. The van der Waals surface area contributed by atoms with Gasteiger partial charge in [-0.05, 0) is 42.9 Å². The van der Waals surface area contributed by atoms with Gasteiger partial charge in [-0.2, -0.15) is 0 Å². The Bertz CT molecular complexity index is 450. The molecule has 3 rings (SSSR count). The van der Waals surface area contributed by atoms with Gasteiger partial charge in [0.15, 0.2) is 0 Å². The number of hydrogen-bond donors (Lipinski definition) is 1. The summed E-state index contributed by atoms with van der Waals surface area (Å²) in [5, 5.41) is 10.6. The van der Waals surface area contributed by atoms with Crippen LogP contribution in [0.15, 0.2) is 24.3 Å². The predicted octanol–water partition coefficient (Wildman–Crippen LogP) is 2.18. The van der Waals surface area contributed by atoms with Crippen LogP contribution in [0.5, 0.6) is 5.75 Å². The zero-order chi connectivity index (χ0) is 14.7. The van der Waals surface area contributed by atoms with E-state index < -0.39 is 0 Å². The van der Waals surface area contributed by atoms with Gasteiger partial charge < -0.3 is 19.3 Å². The zero-order valence-corrected chi connectivity index (χ0v) is 12.6. The van der Waals surface area contributed by atoms with E-state index in [1.807, 2.05) is 24.3 Å². The largest absolute Gasteiger partial charge is 0.497 e. The van der Waals surface area contributed by atoms with Crippen LogP contribution in [0.1, 0.15) is 24.8 Å². The number of hydrogen-bond acceptors (Lipinski definition) is 4. The molecule has 2 heterocycles. The minimum absolute atomic E-state index is 0.135. The molecule has 0 bridgehead atoms. The van der Waals surface area contributed by atoms with Gasteiger partial charge in [0.05, 0.1) is 25.4 Å². The fourth-order valence-electron chi connectivity index (χ4n) is 3.43. The van der Waals surface area contributed by atoms with Crippen molar-refractivity contribution >= 4 is 0 Å². The number of rotatable bonds is 4. The Hall–Kier alpha value is -1.10. The topological polar surface area (TPSA) is 47.9 Å². The quantitative estimate of drug-likeness (QED) is 0.924. The van der Waals surface area contributed by atoms with Crippen molar-refractivity contribution in [3.05, 3.63) is 29.8 Å². The van der Waals surface area contributed by atoms with E-state index in [-0.39, 0.29) is 11.7 Å². The van der Waals surface area contributed by atoms with E-state index in [1.165, 1.54) is 0 Å². The van der Waals surface area contributed by atoms with Crippen LogP contribution in [0.4, 0.5) is 0 Å².